The number of carbonyl (C=O) groups is 1. The number of ether oxygens (including phenoxy) is 2. The van der Waals surface area contributed by atoms with Crippen LogP contribution in [0.4, 0.5) is 0 Å². The number of hydrogen-bond acceptors (Lipinski definition) is 3. The summed E-state index contributed by atoms with van der Waals surface area (Å²) in [4.78, 5) is 12.7. The SMILES string of the molecule is CCCCCCCCCCCCCCCCCC(Oc1cccc2cc3ccccc3cc12)C(=O)OCC. The van der Waals surface area contributed by atoms with E-state index >= 15 is 0 Å². The topological polar surface area (TPSA) is 35.5 Å². The van der Waals surface area contributed by atoms with Gasteiger partial charge in [0.1, 0.15) is 5.75 Å². The molecule has 0 bridgehead atoms. The summed E-state index contributed by atoms with van der Waals surface area (Å²) in [5, 5.41) is 4.54. The Morgan fingerprint density at radius 3 is 1.74 bits per heavy atom. The molecule has 208 valence electrons. The smallest absolute Gasteiger partial charge is 0.347 e. The predicted octanol–water partition coefficient (Wildman–Crippen LogP) is 10.6. The van der Waals surface area contributed by atoms with Gasteiger partial charge in [0.05, 0.1) is 6.61 Å². The van der Waals surface area contributed by atoms with Gasteiger partial charge in [0, 0.05) is 5.39 Å². The fraction of sp³-hybridized carbons (Fsp3) is 0.571. The van der Waals surface area contributed by atoms with E-state index in [1.807, 2.05) is 19.1 Å². The second kappa shape index (κ2) is 17.9. The number of fused-ring (bicyclic) bond motifs is 2. The molecule has 0 fully saturated rings. The maximum Gasteiger partial charge on any atom is 0.347 e. The van der Waals surface area contributed by atoms with Gasteiger partial charge in [0.25, 0.3) is 0 Å². The van der Waals surface area contributed by atoms with Crippen LogP contribution in [0.1, 0.15) is 117 Å². The third-order valence-electron chi connectivity index (χ3n) is 7.60. The van der Waals surface area contributed by atoms with Crippen LogP contribution in [0.2, 0.25) is 0 Å². The number of hydrogen-bond donors (Lipinski definition) is 0. The Morgan fingerprint density at radius 1 is 0.632 bits per heavy atom. The van der Waals surface area contributed by atoms with E-state index in [1.54, 1.807) is 0 Å². The summed E-state index contributed by atoms with van der Waals surface area (Å²) < 4.78 is 11.7. The maximum absolute atomic E-state index is 12.7. The molecular weight excluding hydrogens is 468 g/mol. The highest BCUT2D eigenvalue weighted by Crippen LogP contribution is 2.31. The fourth-order valence-electron chi connectivity index (χ4n) is 5.36. The van der Waals surface area contributed by atoms with E-state index in [1.165, 1.54) is 94.2 Å². The number of esters is 1. The molecule has 0 saturated heterocycles. The van der Waals surface area contributed by atoms with Crippen LogP contribution in [0.3, 0.4) is 0 Å². The molecule has 3 nitrogen and oxygen atoms in total. The lowest BCUT2D eigenvalue weighted by Crippen LogP contribution is -2.29. The molecule has 0 aliphatic heterocycles. The van der Waals surface area contributed by atoms with Crippen molar-refractivity contribution in [3.8, 4) is 5.75 Å². The van der Waals surface area contributed by atoms with Crippen molar-refractivity contribution in [3.05, 3.63) is 54.6 Å². The van der Waals surface area contributed by atoms with E-state index in [4.69, 9.17) is 9.47 Å². The summed E-state index contributed by atoms with van der Waals surface area (Å²) >= 11 is 0. The largest absolute Gasteiger partial charge is 0.478 e. The van der Waals surface area contributed by atoms with Crippen LogP contribution >= 0.6 is 0 Å². The zero-order chi connectivity index (χ0) is 26.8. The highest BCUT2D eigenvalue weighted by atomic mass is 16.6. The summed E-state index contributed by atoms with van der Waals surface area (Å²) in [6.45, 7) is 4.51. The van der Waals surface area contributed by atoms with Gasteiger partial charge in [-0.1, -0.05) is 133 Å². The van der Waals surface area contributed by atoms with Crippen molar-refractivity contribution in [2.24, 2.45) is 0 Å². The van der Waals surface area contributed by atoms with E-state index in [0.717, 1.165) is 29.4 Å². The zero-order valence-corrected chi connectivity index (χ0v) is 24.0. The van der Waals surface area contributed by atoms with Gasteiger partial charge in [-0.2, -0.15) is 0 Å². The number of unbranched alkanes of at least 4 members (excludes halogenated alkanes) is 14. The standard InChI is InChI=1S/C35H50O3/c1-3-5-6-7-8-9-10-11-12-13-14-15-16-17-18-25-34(35(36)37-4-2)38-33-26-21-24-31-27-29-22-19-20-23-30(29)28-32(31)33/h19-24,26-28,34H,3-18,25H2,1-2H3. The lowest BCUT2D eigenvalue weighted by atomic mass is 10.0. The summed E-state index contributed by atoms with van der Waals surface area (Å²) in [5.74, 6) is 0.503. The minimum atomic E-state index is -0.561. The second-order valence-electron chi connectivity index (χ2n) is 10.8. The first-order chi connectivity index (χ1) is 18.7. The van der Waals surface area contributed by atoms with Gasteiger partial charge < -0.3 is 9.47 Å². The Hall–Kier alpha value is -2.55. The summed E-state index contributed by atoms with van der Waals surface area (Å²) in [5.41, 5.74) is 0. The summed E-state index contributed by atoms with van der Waals surface area (Å²) in [6, 6.07) is 18.8. The van der Waals surface area contributed by atoms with Gasteiger partial charge in [0.15, 0.2) is 6.10 Å². The highest BCUT2D eigenvalue weighted by molar-refractivity contribution is 6.01. The van der Waals surface area contributed by atoms with Crippen LogP contribution in [-0.4, -0.2) is 18.7 Å². The Morgan fingerprint density at radius 2 is 1.16 bits per heavy atom. The van der Waals surface area contributed by atoms with Crippen LogP contribution < -0.4 is 4.74 Å². The summed E-state index contributed by atoms with van der Waals surface area (Å²) in [6.07, 6.45) is 20.1. The molecule has 0 aromatic heterocycles. The highest BCUT2D eigenvalue weighted by Gasteiger charge is 2.22. The van der Waals surface area contributed by atoms with Crippen LogP contribution in [-0.2, 0) is 9.53 Å². The molecule has 0 N–H and O–H groups in total. The quantitative estimate of drug-likeness (QED) is 0.0847. The van der Waals surface area contributed by atoms with Crippen LogP contribution in [0.5, 0.6) is 5.75 Å². The first kappa shape index (κ1) is 30.0. The van der Waals surface area contributed by atoms with Crippen molar-refractivity contribution in [2.75, 3.05) is 6.61 Å². The Balaban J connectivity index is 1.38. The van der Waals surface area contributed by atoms with E-state index in [9.17, 15) is 4.79 Å². The third-order valence-corrected chi connectivity index (χ3v) is 7.60. The van der Waals surface area contributed by atoms with E-state index in [-0.39, 0.29) is 5.97 Å². The van der Waals surface area contributed by atoms with Crippen molar-refractivity contribution in [3.63, 3.8) is 0 Å². The van der Waals surface area contributed by atoms with E-state index in [2.05, 4.69) is 49.4 Å². The molecule has 0 heterocycles. The van der Waals surface area contributed by atoms with Gasteiger partial charge in [0.2, 0.25) is 0 Å². The molecule has 3 aromatic rings. The molecule has 38 heavy (non-hydrogen) atoms. The van der Waals surface area contributed by atoms with Gasteiger partial charge >= 0.3 is 5.97 Å². The normalized spacial score (nSPS) is 12.2. The third kappa shape index (κ3) is 10.3. The van der Waals surface area contributed by atoms with Gasteiger partial charge in [-0.15, -0.1) is 0 Å². The lowest BCUT2D eigenvalue weighted by Gasteiger charge is -2.19. The molecule has 0 spiro atoms. The first-order valence-corrected chi connectivity index (χ1v) is 15.5. The fourth-order valence-corrected chi connectivity index (χ4v) is 5.36. The molecule has 1 unspecified atom stereocenters. The van der Waals surface area contributed by atoms with Crippen molar-refractivity contribution in [1.82, 2.24) is 0 Å². The average Bonchev–Trinajstić information content (AvgIpc) is 2.93. The van der Waals surface area contributed by atoms with Crippen molar-refractivity contribution >= 4 is 27.5 Å². The van der Waals surface area contributed by atoms with Gasteiger partial charge in [-0.05, 0) is 54.1 Å². The molecule has 0 aliphatic carbocycles. The second-order valence-corrected chi connectivity index (χ2v) is 10.8. The average molecular weight is 519 g/mol. The number of rotatable bonds is 20. The molecule has 3 heteroatoms. The monoisotopic (exact) mass is 518 g/mol. The molecule has 0 amide bonds. The molecule has 3 aromatic carbocycles. The minimum absolute atomic E-state index is 0.254. The lowest BCUT2D eigenvalue weighted by molar-refractivity contribution is -0.151. The molecule has 1 atom stereocenters. The Bertz CT molecular complexity index is 1070. The molecule has 0 radical (unpaired) electrons. The Kier molecular flexibility index (Phi) is 14.1. The van der Waals surface area contributed by atoms with Crippen LogP contribution in [0.25, 0.3) is 21.5 Å². The minimum Gasteiger partial charge on any atom is -0.478 e. The maximum atomic E-state index is 12.7. The van der Waals surface area contributed by atoms with Crippen LogP contribution in [0, 0.1) is 0 Å². The molecule has 0 aliphatic rings. The number of carbonyl (C=O) groups excluding carboxylic acids is 1. The molecule has 0 saturated carbocycles. The van der Waals surface area contributed by atoms with Gasteiger partial charge in [-0.25, -0.2) is 4.79 Å². The van der Waals surface area contributed by atoms with Gasteiger partial charge in [-0.3, -0.25) is 0 Å². The zero-order valence-electron chi connectivity index (χ0n) is 24.0. The van der Waals surface area contributed by atoms with E-state index in [0.29, 0.717) is 13.0 Å². The van der Waals surface area contributed by atoms with Crippen molar-refractivity contribution in [2.45, 2.75) is 123 Å². The molecular formula is C35H50O3. The van der Waals surface area contributed by atoms with E-state index < -0.39 is 6.10 Å². The summed E-state index contributed by atoms with van der Waals surface area (Å²) in [7, 11) is 0. The van der Waals surface area contributed by atoms with Crippen LogP contribution in [0.15, 0.2) is 54.6 Å². The number of benzene rings is 3. The van der Waals surface area contributed by atoms with Crippen molar-refractivity contribution < 1.29 is 14.3 Å². The van der Waals surface area contributed by atoms with Crippen molar-refractivity contribution in [1.29, 1.82) is 0 Å². The Labute approximate surface area is 231 Å². The predicted molar refractivity (Wildman–Crippen MR) is 162 cm³/mol. The first-order valence-electron chi connectivity index (χ1n) is 15.5. The molecule has 3 rings (SSSR count).